The molecule has 1 aromatic carbocycles. The predicted octanol–water partition coefficient (Wildman–Crippen LogP) is 3.97. The minimum atomic E-state index is -1.28. The Morgan fingerprint density at radius 2 is 1.50 bits per heavy atom. The highest BCUT2D eigenvalue weighted by Gasteiger charge is 2.28. The minimum absolute atomic E-state index is 0.139. The summed E-state index contributed by atoms with van der Waals surface area (Å²) in [5.41, 5.74) is -0.373. The summed E-state index contributed by atoms with van der Waals surface area (Å²) in [6, 6.07) is 0. The van der Waals surface area contributed by atoms with E-state index in [-0.39, 0.29) is 26.7 Å². The van der Waals surface area contributed by atoms with Gasteiger partial charge in [-0.3, -0.25) is 0 Å². The Hall–Kier alpha value is 0.0400. The number of halogens is 4. The molecule has 0 spiro atoms. The number of hydrogen-bond acceptors (Lipinski definition) is 4. The highest BCUT2D eigenvalue weighted by molar-refractivity contribution is 9.15. The van der Waals surface area contributed by atoms with E-state index in [1.54, 1.807) is 0 Å². The van der Waals surface area contributed by atoms with Crippen LogP contribution in [0.2, 0.25) is 0 Å². The highest BCUT2D eigenvalue weighted by Crippen LogP contribution is 2.42. The van der Waals surface area contributed by atoms with Gasteiger partial charge in [0.15, 0.2) is 0 Å². The van der Waals surface area contributed by atoms with Crippen molar-refractivity contribution in [1.82, 2.24) is 0 Å². The molecule has 0 radical (unpaired) electrons. The first-order chi connectivity index (χ1) is 9.18. The number of carbonyl (C=O) groups is 2. The normalized spacial score (nSPS) is 12.1. The number of aromatic carboxylic acids is 1. The van der Waals surface area contributed by atoms with E-state index in [2.05, 4.69) is 63.7 Å². The largest absolute Gasteiger partial charge is 0.478 e. The molecule has 1 aromatic rings. The van der Waals surface area contributed by atoms with Gasteiger partial charge in [0, 0.05) is 17.9 Å². The standard InChI is InChI=1S/C11H8Br4O5/c1-3(16)2-20-11(19)5-4(10(17)18)6(12)8(14)9(15)7(5)13/h3,16H,2H2,1H3,(H,17,18). The van der Waals surface area contributed by atoms with E-state index < -0.39 is 18.0 Å². The Morgan fingerprint density at radius 1 is 1.05 bits per heavy atom. The first-order valence-electron chi connectivity index (χ1n) is 5.12. The molecule has 0 saturated heterocycles. The lowest BCUT2D eigenvalue weighted by Crippen LogP contribution is -2.19. The number of rotatable bonds is 4. The molecule has 0 aromatic heterocycles. The molecule has 1 rings (SSSR count). The SMILES string of the molecule is CC(O)COC(=O)c1c(Br)c(Br)c(Br)c(Br)c1C(=O)O. The van der Waals surface area contributed by atoms with Crippen molar-refractivity contribution in [2.75, 3.05) is 6.61 Å². The minimum Gasteiger partial charge on any atom is -0.478 e. The van der Waals surface area contributed by atoms with E-state index in [9.17, 15) is 14.7 Å². The number of aliphatic hydroxyl groups excluding tert-OH is 1. The molecule has 0 amide bonds. The van der Waals surface area contributed by atoms with E-state index in [4.69, 9.17) is 9.84 Å². The molecule has 5 nitrogen and oxygen atoms in total. The lowest BCUT2D eigenvalue weighted by molar-refractivity contribution is 0.0291. The summed E-state index contributed by atoms with van der Waals surface area (Å²) in [7, 11) is 0. The van der Waals surface area contributed by atoms with Crippen LogP contribution in [0.4, 0.5) is 0 Å². The van der Waals surface area contributed by atoms with Crippen molar-refractivity contribution in [3.8, 4) is 0 Å². The summed E-state index contributed by atoms with van der Waals surface area (Å²) < 4.78 is 6.26. The quantitative estimate of drug-likeness (QED) is 0.344. The van der Waals surface area contributed by atoms with E-state index in [0.717, 1.165) is 0 Å². The Labute approximate surface area is 148 Å². The van der Waals surface area contributed by atoms with Gasteiger partial charge in [0.2, 0.25) is 0 Å². The van der Waals surface area contributed by atoms with Gasteiger partial charge in [-0.05, 0) is 70.6 Å². The molecule has 0 aliphatic rings. The monoisotopic (exact) mass is 536 g/mol. The van der Waals surface area contributed by atoms with Gasteiger partial charge in [0.05, 0.1) is 17.2 Å². The Balaban J connectivity index is 3.44. The van der Waals surface area contributed by atoms with Gasteiger partial charge in [-0.25, -0.2) is 9.59 Å². The third-order valence-corrected chi connectivity index (χ3v) is 6.91. The van der Waals surface area contributed by atoms with Gasteiger partial charge in [0.25, 0.3) is 0 Å². The van der Waals surface area contributed by atoms with E-state index in [0.29, 0.717) is 8.95 Å². The van der Waals surface area contributed by atoms with Crippen LogP contribution in [0.1, 0.15) is 27.6 Å². The predicted molar refractivity (Wildman–Crippen MR) is 86.2 cm³/mol. The molecule has 110 valence electrons. The topological polar surface area (TPSA) is 83.8 Å². The maximum Gasteiger partial charge on any atom is 0.340 e. The molecular weight excluding hydrogens is 532 g/mol. The van der Waals surface area contributed by atoms with Crippen molar-refractivity contribution in [3.63, 3.8) is 0 Å². The Morgan fingerprint density at radius 3 is 1.90 bits per heavy atom. The van der Waals surface area contributed by atoms with E-state index in [1.165, 1.54) is 6.92 Å². The molecule has 0 aliphatic carbocycles. The van der Waals surface area contributed by atoms with Crippen LogP contribution in [0.25, 0.3) is 0 Å². The van der Waals surface area contributed by atoms with Crippen LogP contribution in [-0.4, -0.2) is 34.9 Å². The molecule has 1 unspecified atom stereocenters. The van der Waals surface area contributed by atoms with Crippen molar-refractivity contribution in [3.05, 3.63) is 29.0 Å². The smallest absolute Gasteiger partial charge is 0.340 e. The lowest BCUT2D eigenvalue weighted by atomic mass is 10.1. The number of aliphatic hydroxyl groups is 1. The molecule has 0 saturated carbocycles. The number of esters is 1. The van der Waals surface area contributed by atoms with Crippen LogP contribution < -0.4 is 0 Å². The van der Waals surface area contributed by atoms with Crippen LogP contribution in [-0.2, 0) is 4.74 Å². The van der Waals surface area contributed by atoms with Crippen LogP contribution in [0.3, 0.4) is 0 Å². The van der Waals surface area contributed by atoms with Gasteiger partial charge in [-0.15, -0.1) is 0 Å². The maximum atomic E-state index is 12.0. The number of carboxylic acids is 1. The number of ether oxygens (including phenoxy) is 1. The van der Waals surface area contributed by atoms with Crippen molar-refractivity contribution in [1.29, 1.82) is 0 Å². The van der Waals surface area contributed by atoms with Gasteiger partial charge in [0.1, 0.15) is 6.61 Å². The summed E-state index contributed by atoms with van der Waals surface area (Å²) in [5.74, 6) is -2.13. The second kappa shape index (κ2) is 7.35. The van der Waals surface area contributed by atoms with Crippen LogP contribution in [0, 0.1) is 0 Å². The highest BCUT2D eigenvalue weighted by atomic mass is 79.9. The zero-order valence-electron chi connectivity index (χ0n) is 9.92. The fourth-order valence-corrected chi connectivity index (χ4v) is 3.74. The third kappa shape index (κ3) is 3.82. The van der Waals surface area contributed by atoms with Gasteiger partial charge < -0.3 is 14.9 Å². The third-order valence-electron chi connectivity index (χ3n) is 2.14. The van der Waals surface area contributed by atoms with Gasteiger partial charge >= 0.3 is 11.9 Å². The molecule has 2 N–H and O–H groups in total. The summed E-state index contributed by atoms with van der Waals surface area (Å²) in [4.78, 5) is 23.4. The average molecular weight is 540 g/mol. The lowest BCUT2D eigenvalue weighted by Gasteiger charge is -2.14. The van der Waals surface area contributed by atoms with Gasteiger partial charge in [-0.2, -0.15) is 0 Å². The van der Waals surface area contributed by atoms with Crippen molar-refractivity contribution in [2.24, 2.45) is 0 Å². The van der Waals surface area contributed by atoms with E-state index in [1.807, 2.05) is 0 Å². The molecule has 9 heteroatoms. The summed E-state index contributed by atoms with van der Waals surface area (Å²) in [6.45, 7) is 1.23. The molecule has 0 bridgehead atoms. The number of carbonyl (C=O) groups excluding carboxylic acids is 1. The molecule has 0 heterocycles. The van der Waals surface area contributed by atoms with Crippen molar-refractivity contribution in [2.45, 2.75) is 13.0 Å². The zero-order chi connectivity index (χ0) is 15.6. The molecular formula is C11H8Br4O5. The second-order valence-corrected chi connectivity index (χ2v) is 6.93. The van der Waals surface area contributed by atoms with Crippen LogP contribution in [0.15, 0.2) is 17.9 Å². The fourth-order valence-electron chi connectivity index (χ4n) is 1.29. The number of carboxylic acid groups (broad SMARTS) is 1. The number of hydrogen-bond donors (Lipinski definition) is 2. The second-order valence-electron chi connectivity index (χ2n) is 3.76. The van der Waals surface area contributed by atoms with E-state index >= 15 is 0 Å². The van der Waals surface area contributed by atoms with Crippen molar-refractivity contribution >= 4 is 75.7 Å². The zero-order valence-corrected chi connectivity index (χ0v) is 16.3. The van der Waals surface area contributed by atoms with Crippen LogP contribution >= 0.6 is 63.7 Å². The fraction of sp³-hybridized carbons (Fsp3) is 0.273. The maximum absolute atomic E-state index is 12.0. The molecule has 0 aliphatic heterocycles. The Kier molecular flexibility index (Phi) is 6.65. The summed E-state index contributed by atoms with van der Waals surface area (Å²) in [6.07, 6.45) is -0.840. The first-order valence-corrected chi connectivity index (χ1v) is 8.30. The number of benzene rings is 1. The summed E-state index contributed by atoms with van der Waals surface area (Å²) in [5, 5.41) is 18.4. The van der Waals surface area contributed by atoms with Crippen molar-refractivity contribution < 1.29 is 24.5 Å². The molecule has 20 heavy (non-hydrogen) atoms. The first kappa shape index (κ1) is 18.1. The average Bonchev–Trinajstić information content (AvgIpc) is 2.36. The molecule has 1 atom stereocenters. The van der Waals surface area contributed by atoms with Crippen LogP contribution in [0.5, 0.6) is 0 Å². The van der Waals surface area contributed by atoms with Gasteiger partial charge in [-0.1, -0.05) is 0 Å². The summed E-state index contributed by atoms with van der Waals surface area (Å²) >= 11 is 12.8. The molecule has 0 fully saturated rings. The Bertz CT molecular complexity index is 571.